The molecular weight excluding hydrogens is 382 g/mol. The number of piperidine rings is 1. The first-order valence-electron chi connectivity index (χ1n) is 11.6. The molecule has 0 N–H and O–H groups in total. The highest BCUT2D eigenvalue weighted by Crippen LogP contribution is 2.36. The zero-order valence-corrected chi connectivity index (χ0v) is 19.6. The molecular formula is C27H35N3O. The van der Waals surface area contributed by atoms with Crippen molar-refractivity contribution in [3.63, 3.8) is 0 Å². The zero-order chi connectivity index (χ0) is 22.1. The molecule has 31 heavy (non-hydrogen) atoms. The third-order valence-corrected chi connectivity index (χ3v) is 6.90. The third kappa shape index (κ3) is 4.74. The quantitative estimate of drug-likeness (QED) is 0.674. The van der Waals surface area contributed by atoms with Gasteiger partial charge in [-0.05, 0) is 82.3 Å². The van der Waals surface area contributed by atoms with Crippen molar-refractivity contribution in [2.24, 2.45) is 11.0 Å². The predicted octanol–water partition coefficient (Wildman–Crippen LogP) is 5.33. The van der Waals surface area contributed by atoms with Crippen molar-refractivity contribution < 1.29 is 4.79 Å². The van der Waals surface area contributed by atoms with E-state index in [0.717, 1.165) is 36.7 Å². The van der Waals surface area contributed by atoms with Gasteiger partial charge >= 0.3 is 0 Å². The molecule has 0 saturated carbocycles. The van der Waals surface area contributed by atoms with E-state index in [0.29, 0.717) is 6.54 Å². The van der Waals surface area contributed by atoms with Gasteiger partial charge in [0.1, 0.15) is 0 Å². The molecule has 2 aromatic rings. The summed E-state index contributed by atoms with van der Waals surface area (Å²) in [5, 5.41) is 6.73. The number of hydrogen-bond donors (Lipinski definition) is 0. The van der Waals surface area contributed by atoms with E-state index in [4.69, 9.17) is 5.10 Å². The van der Waals surface area contributed by atoms with Crippen molar-refractivity contribution in [2.75, 3.05) is 19.6 Å². The highest BCUT2D eigenvalue weighted by atomic mass is 16.2. The van der Waals surface area contributed by atoms with Gasteiger partial charge in [-0.3, -0.25) is 9.69 Å². The summed E-state index contributed by atoms with van der Waals surface area (Å²) < 4.78 is 0. The van der Waals surface area contributed by atoms with Crippen LogP contribution in [-0.2, 0) is 4.79 Å². The number of hydrazone groups is 1. The Bertz CT molecular complexity index is 1000. The van der Waals surface area contributed by atoms with Crippen molar-refractivity contribution in [3.05, 3.63) is 69.8 Å². The van der Waals surface area contributed by atoms with E-state index in [2.05, 4.69) is 75.9 Å². The summed E-state index contributed by atoms with van der Waals surface area (Å²) in [5.74, 6) is 0.871. The molecule has 0 bridgehead atoms. The summed E-state index contributed by atoms with van der Waals surface area (Å²) in [6.45, 7) is 13.3. The Kier molecular flexibility index (Phi) is 6.29. The lowest BCUT2D eigenvalue weighted by molar-refractivity contribution is -0.134. The van der Waals surface area contributed by atoms with Crippen molar-refractivity contribution in [3.8, 4) is 0 Å². The molecule has 4 rings (SSSR count). The molecule has 2 aliphatic rings. The number of rotatable bonds is 4. The molecule has 0 aromatic heterocycles. The fraction of sp³-hybridized carbons (Fsp3) is 0.481. The lowest BCUT2D eigenvalue weighted by Crippen LogP contribution is -2.41. The summed E-state index contributed by atoms with van der Waals surface area (Å²) >= 11 is 0. The highest BCUT2D eigenvalue weighted by molar-refractivity contribution is 6.04. The average molecular weight is 418 g/mol. The van der Waals surface area contributed by atoms with Gasteiger partial charge in [0.05, 0.1) is 18.3 Å². The number of carbonyl (C=O) groups excluding carboxylic acids is 1. The molecule has 4 heteroatoms. The Morgan fingerprint density at radius 1 is 0.968 bits per heavy atom. The first kappa shape index (κ1) is 21.8. The van der Waals surface area contributed by atoms with Gasteiger partial charge in [-0.25, -0.2) is 5.01 Å². The summed E-state index contributed by atoms with van der Waals surface area (Å²) in [5.41, 5.74) is 8.27. The minimum absolute atomic E-state index is 0.0361. The van der Waals surface area contributed by atoms with Crippen molar-refractivity contribution in [2.45, 2.75) is 59.9 Å². The molecule has 4 nitrogen and oxygen atoms in total. The molecule has 0 radical (unpaired) electrons. The molecule has 1 saturated heterocycles. The molecule has 2 aliphatic heterocycles. The van der Waals surface area contributed by atoms with Crippen molar-refractivity contribution in [1.82, 2.24) is 9.91 Å². The van der Waals surface area contributed by atoms with E-state index >= 15 is 0 Å². The van der Waals surface area contributed by atoms with E-state index in [-0.39, 0.29) is 11.9 Å². The zero-order valence-electron chi connectivity index (χ0n) is 19.6. The second kappa shape index (κ2) is 8.96. The van der Waals surface area contributed by atoms with Crippen molar-refractivity contribution >= 4 is 11.6 Å². The number of likely N-dealkylation sites (tertiary alicyclic amines) is 1. The van der Waals surface area contributed by atoms with Gasteiger partial charge in [-0.2, -0.15) is 5.10 Å². The standard InChI is InChI=1S/C27H35N3O/c1-18-10-12-29(13-11-18)17-27(31)30-26(24-15-20(3)7-9-22(24)5)16-25(28-30)23-14-19(2)6-8-21(23)4/h6-9,14-15,18,26H,10-13,16-17H2,1-5H3/t26-/m1/s1. The smallest absolute Gasteiger partial charge is 0.257 e. The van der Waals surface area contributed by atoms with E-state index < -0.39 is 0 Å². The fourth-order valence-electron chi connectivity index (χ4n) is 4.79. The Hall–Kier alpha value is -2.46. The summed E-state index contributed by atoms with van der Waals surface area (Å²) in [6, 6.07) is 13.0. The molecule has 1 fully saturated rings. The number of nitrogens with zero attached hydrogens (tertiary/aromatic N) is 3. The topological polar surface area (TPSA) is 35.9 Å². The normalized spacial score (nSPS) is 20.2. The largest absolute Gasteiger partial charge is 0.294 e. The minimum atomic E-state index is -0.0361. The van der Waals surface area contributed by atoms with Crippen LogP contribution in [0.4, 0.5) is 0 Å². The van der Waals surface area contributed by atoms with Crippen LogP contribution in [0, 0.1) is 33.6 Å². The molecule has 0 unspecified atom stereocenters. The maximum absolute atomic E-state index is 13.5. The lowest BCUT2D eigenvalue weighted by Gasteiger charge is -2.31. The fourth-order valence-corrected chi connectivity index (χ4v) is 4.79. The Morgan fingerprint density at radius 2 is 1.61 bits per heavy atom. The first-order chi connectivity index (χ1) is 14.8. The number of amides is 1. The van der Waals surface area contributed by atoms with Crippen LogP contribution in [-0.4, -0.2) is 41.2 Å². The van der Waals surface area contributed by atoms with Gasteiger partial charge in [-0.1, -0.05) is 48.4 Å². The predicted molar refractivity (Wildman–Crippen MR) is 127 cm³/mol. The molecule has 1 atom stereocenters. The SMILES string of the molecule is Cc1ccc(C)c(C2=NN(C(=O)CN3CCC(C)CC3)[C@@H](c3cc(C)ccc3C)C2)c1. The maximum atomic E-state index is 13.5. The highest BCUT2D eigenvalue weighted by Gasteiger charge is 2.35. The molecule has 0 spiro atoms. The van der Waals surface area contributed by atoms with E-state index in [9.17, 15) is 4.79 Å². The summed E-state index contributed by atoms with van der Waals surface area (Å²) in [4.78, 5) is 15.8. The van der Waals surface area contributed by atoms with Crippen LogP contribution in [0.2, 0.25) is 0 Å². The van der Waals surface area contributed by atoms with Gasteiger partial charge in [0.25, 0.3) is 5.91 Å². The minimum Gasteiger partial charge on any atom is -0.294 e. The molecule has 2 heterocycles. The van der Waals surface area contributed by atoms with Crippen LogP contribution in [0.1, 0.15) is 65.6 Å². The Labute approximate surface area is 186 Å². The number of aryl methyl sites for hydroxylation is 4. The Balaban J connectivity index is 1.66. The van der Waals surface area contributed by atoms with Gasteiger partial charge in [-0.15, -0.1) is 0 Å². The second-order valence-corrected chi connectivity index (χ2v) is 9.64. The molecule has 0 aliphatic carbocycles. The van der Waals surface area contributed by atoms with Gasteiger partial charge in [0.15, 0.2) is 0 Å². The molecule has 164 valence electrons. The van der Waals surface area contributed by atoms with Gasteiger partial charge < -0.3 is 0 Å². The molecule has 1 amide bonds. The Morgan fingerprint density at radius 3 is 2.32 bits per heavy atom. The van der Waals surface area contributed by atoms with Crippen molar-refractivity contribution in [1.29, 1.82) is 0 Å². The lowest BCUT2D eigenvalue weighted by atomic mass is 9.92. The van der Waals surface area contributed by atoms with Crippen LogP contribution in [0.5, 0.6) is 0 Å². The van der Waals surface area contributed by atoms with E-state index in [1.807, 2.05) is 0 Å². The number of hydrogen-bond acceptors (Lipinski definition) is 3. The van der Waals surface area contributed by atoms with Gasteiger partial charge in [0.2, 0.25) is 0 Å². The van der Waals surface area contributed by atoms with Crippen LogP contribution in [0.3, 0.4) is 0 Å². The van der Waals surface area contributed by atoms with Crippen LogP contribution in [0.15, 0.2) is 41.5 Å². The van der Waals surface area contributed by atoms with Crippen LogP contribution >= 0.6 is 0 Å². The third-order valence-electron chi connectivity index (χ3n) is 6.90. The summed E-state index contributed by atoms with van der Waals surface area (Å²) in [6.07, 6.45) is 3.10. The van der Waals surface area contributed by atoms with Gasteiger partial charge in [0, 0.05) is 12.0 Å². The van der Waals surface area contributed by atoms with Crippen LogP contribution < -0.4 is 0 Å². The first-order valence-corrected chi connectivity index (χ1v) is 11.6. The van der Waals surface area contributed by atoms with E-state index in [1.54, 1.807) is 5.01 Å². The summed E-state index contributed by atoms with van der Waals surface area (Å²) in [7, 11) is 0. The van der Waals surface area contributed by atoms with E-state index in [1.165, 1.54) is 40.7 Å². The van der Waals surface area contributed by atoms with Crippen LogP contribution in [0.25, 0.3) is 0 Å². The number of benzene rings is 2. The molecule has 2 aromatic carbocycles. The number of carbonyl (C=O) groups is 1. The monoisotopic (exact) mass is 417 g/mol. The second-order valence-electron chi connectivity index (χ2n) is 9.64. The average Bonchev–Trinajstić information content (AvgIpc) is 3.18. The maximum Gasteiger partial charge on any atom is 0.257 e.